The first-order chi connectivity index (χ1) is 10.9. The highest BCUT2D eigenvalue weighted by Crippen LogP contribution is 2.18. The van der Waals surface area contributed by atoms with Crippen LogP contribution in [0.4, 0.5) is 0 Å². The van der Waals surface area contributed by atoms with E-state index in [1.54, 1.807) is 0 Å². The van der Waals surface area contributed by atoms with Crippen LogP contribution < -0.4 is 5.32 Å². The summed E-state index contributed by atoms with van der Waals surface area (Å²) < 4.78 is 23.1. The van der Waals surface area contributed by atoms with Crippen LogP contribution in [0, 0.1) is 12.8 Å². The lowest BCUT2D eigenvalue weighted by atomic mass is 10.1. The molecule has 0 amide bonds. The second-order valence-electron chi connectivity index (χ2n) is 6.31. The summed E-state index contributed by atoms with van der Waals surface area (Å²) in [6.07, 6.45) is 0.729. The molecule has 1 aromatic rings. The minimum atomic E-state index is -2.83. The summed E-state index contributed by atoms with van der Waals surface area (Å²) in [5.74, 6) is 1.57. The van der Waals surface area contributed by atoms with Crippen molar-refractivity contribution in [3.8, 4) is 0 Å². The molecule has 0 aliphatic carbocycles. The molecule has 0 saturated carbocycles. The van der Waals surface area contributed by atoms with Crippen molar-refractivity contribution in [1.82, 2.24) is 10.2 Å². The van der Waals surface area contributed by atoms with Crippen molar-refractivity contribution in [2.75, 3.05) is 31.6 Å². The summed E-state index contributed by atoms with van der Waals surface area (Å²) in [7, 11) is -0.825. The molecule has 1 saturated heterocycles. The van der Waals surface area contributed by atoms with E-state index in [1.165, 1.54) is 11.1 Å². The number of aryl methyl sites for hydroxylation is 1. The Kier molecular flexibility index (Phi) is 8.49. The standard InChI is InChI=1S/C17H27N3O2S.HI/c1-4-18-17(19-11-16-9-10-23(21,22)13-16)20(3)12-15-7-5-14(2)6-8-15;/h5-8,16H,4,9-13H2,1-3H3,(H,18,19);1H. The SMILES string of the molecule is CCNC(=NCC1CCS(=O)(=O)C1)N(C)Cc1ccc(C)cc1.I. The number of benzene rings is 1. The number of hydrogen-bond donors (Lipinski definition) is 1. The zero-order valence-electron chi connectivity index (χ0n) is 14.7. The van der Waals surface area contributed by atoms with E-state index in [0.717, 1.165) is 25.5 Å². The van der Waals surface area contributed by atoms with E-state index in [2.05, 4.69) is 46.4 Å². The lowest BCUT2D eigenvalue weighted by Gasteiger charge is -2.22. The van der Waals surface area contributed by atoms with Crippen LogP contribution in [0.5, 0.6) is 0 Å². The van der Waals surface area contributed by atoms with Crippen LogP contribution in [-0.2, 0) is 16.4 Å². The first-order valence-electron chi connectivity index (χ1n) is 8.15. The zero-order valence-corrected chi connectivity index (χ0v) is 17.8. The fourth-order valence-electron chi connectivity index (χ4n) is 2.74. The molecule has 1 N–H and O–H groups in total. The largest absolute Gasteiger partial charge is 0.357 e. The van der Waals surface area contributed by atoms with Gasteiger partial charge in [0.25, 0.3) is 0 Å². The molecule has 1 fully saturated rings. The third-order valence-electron chi connectivity index (χ3n) is 4.06. The highest BCUT2D eigenvalue weighted by Gasteiger charge is 2.27. The molecule has 1 heterocycles. The first kappa shape index (κ1) is 21.2. The normalized spacial score (nSPS) is 19.6. The van der Waals surface area contributed by atoms with E-state index >= 15 is 0 Å². The van der Waals surface area contributed by atoms with Crippen molar-refractivity contribution in [3.63, 3.8) is 0 Å². The van der Waals surface area contributed by atoms with Crippen molar-refractivity contribution < 1.29 is 8.42 Å². The Balaban J connectivity index is 0.00000288. The minimum absolute atomic E-state index is 0. The number of rotatable bonds is 5. The van der Waals surface area contributed by atoms with Crippen molar-refractivity contribution >= 4 is 39.8 Å². The molecular weight excluding hydrogens is 437 g/mol. The topological polar surface area (TPSA) is 61.8 Å². The average molecular weight is 465 g/mol. The summed E-state index contributed by atoms with van der Waals surface area (Å²) in [4.78, 5) is 6.72. The number of sulfone groups is 1. The van der Waals surface area contributed by atoms with Gasteiger partial charge in [-0.25, -0.2) is 8.42 Å². The summed E-state index contributed by atoms with van der Waals surface area (Å²) in [5.41, 5.74) is 2.48. The van der Waals surface area contributed by atoms with E-state index in [-0.39, 0.29) is 35.6 Å². The Morgan fingerprint density at radius 2 is 2.00 bits per heavy atom. The molecule has 24 heavy (non-hydrogen) atoms. The van der Waals surface area contributed by atoms with Crippen molar-refractivity contribution in [3.05, 3.63) is 35.4 Å². The molecule has 0 aromatic heterocycles. The van der Waals surface area contributed by atoms with Crippen LogP contribution in [0.2, 0.25) is 0 Å². The maximum atomic E-state index is 11.5. The second-order valence-corrected chi connectivity index (χ2v) is 8.53. The predicted molar refractivity (Wildman–Crippen MR) is 111 cm³/mol. The molecule has 7 heteroatoms. The van der Waals surface area contributed by atoms with Gasteiger partial charge in [-0.1, -0.05) is 29.8 Å². The van der Waals surface area contributed by atoms with Gasteiger partial charge in [-0.15, -0.1) is 24.0 Å². The summed E-state index contributed by atoms with van der Waals surface area (Å²) >= 11 is 0. The molecule has 0 spiro atoms. The Bertz CT molecular complexity index is 644. The van der Waals surface area contributed by atoms with Crippen molar-refractivity contribution in [2.45, 2.75) is 26.8 Å². The molecule has 1 aromatic carbocycles. The van der Waals surface area contributed by atoms with Gasteiger partial charge in [0.15, 0.2) is 15.8 Å². The monoisotopic (exact) mass is 465 g/mol. The second kappa shape index (κ2) is 9.60. The summed E-state index contributed by atoms with van der Waals surface area (Å²) in [5, 5.41) is 3.29. The quantitative estimate of drug-likeness (QED) is 0.413. The fraction of sp³-hybridized carbons (Fsp3) is 0.588. The molecular formula is C17H28IN3O2S. The van der Waals surface area contributed by atoms with E-state index in [9.17, 15) is 8.42 Å². The lowest BCUT2D eigenvalue weighted by Crippen LogP contribution is -2.38. The molecule has 136 valence electrons. The molecule has 1 aliphatic heterocycles. The number of aliphatic imine (C=N–C) groups is 1. The smallest absolute Gasteiger partial charge is 0.193 e. The van der Waals surface area contributed by atoms with Crippen LogP contribution in [-0.4, -0.2) is 50.9 Å². The number of guanidine groups is 1. The highest BCUT2D eigenvalue weighted by atomic mass is 127. The maximum Gasteiger partial charge on any atom is 0.193 e. The maximum absolute atomic E-state index is 11.5. The zero-order chi connectivity index (χ0) is 16.9. The van der Waals surface area contributed by atoms with Gasteiger partial charge >= 0.3 is 0 Å². The van der Waals surface area contributed by atoms with Crippen LogP contribution in [0.1, 0.15) is 24.5 Å². The van der Waals surface area contributed by atoms with Crippen molar-refractivity contribution in [1.29, 1.82) is 0 Å². The number of nitrogens with one attached hydrogen (secondary N) is 1. The third kappa shape index (κ3) is 6.58. The van der Waals surface area contributed by atoms with Crippen LogP contribution in [0.15, 0.2) is 29.3 Å². The Hall–Kier alpha value is -0.830. The third-order valence-corrected chi connectivity index (χ3v) is 5.90. The van der Waals surface area contributed by atoms with E-state index < -0.39 is 9.84 Å². The predicted octanol–water partition coefficient (Wildman–Crippen LogP) is 2.45. The Morgan fingerprint density at radius 1 is 1.33 bits per heavy atom. The molecule has 5 nitrogen and oxygen atoms in total. The minimum Gasteiger partial charge on any atom is -0.357 e. The Morgan fingerprint density at radius 3 is 2.54 bits per heavy atom. The Labute approximate surface area is 162 Å². The van der Waals surface area contributed by atoms with E-state index in [0.29, 0.717) is 12.3 Å². The molecule has 1 atom stereocenters. The van der Waals surface area contributed by atoms with Gasteiger partial charge in [-0.05, 0) is 31.7 Å². The van der Waals surface area contributed by atoms with Gasteiger partial charge in [-0.3, -0.25) is 4.99 Å². The van der Waals surface area contributed by atoms with Crippen LogP contribution in [0.3, 0.4) is 0 Å². The van der Waals surface area contributed by atoms with E-state index in [1.807, 2.05) is 14.0 Å². The summed E-state index contributed by atoms with van der Waals surface area (Å²) in [6, 6.07) is 8.46. The first-order valence-corrected chi connectivity index (χ1v) is 9.97. The van der Waals surface area contributed by atoms with Crippen LogP contribution in [0.25, 0.3) is 0 Å². The highest BCUT2D eigenvalue weighted by molar-refractivity contribution is 14.0. The van der Waals surface area contributed by atoms with E-state index in [4.69, 9.17) is 0 Å². The van der Waals surface area contributed by atoms with Gasteiger partial charge in [0.2, 0.25) is 0 Å². The van der Waals surface area contributed by atoms with Gasteiger partial charge in [0.1, 0.15) is 0 Å². The lowest BCUT2D eigenvalue weighted by molar-refractivity contribution is 0.472. The van der Waals surface area contributed by atoms with Gasteiger partial charge in [-0.2, -0.15) is 0 Å². The molecule has 0 bridgehead atoms. The molecule has 1 unspecified atom stereocenters. The van der Waals surface area contributed by atoms with Gasteiger partial charge in [0, 0.05) is 26.7 Å². The number of halogens is 1. The molecule has 1 aliphatic rings. The van der Waals surface area contributed by atoms with Gasteiger partial charge < -0.3 is 10.2 Å². The average Bonchev–Trinajstić information content (AvgIpc) is 2.85. The fourth-order valence-corrected chi connectivity index (χ4v) is 4.59. The van der Waals surface area contributed by atoms with Crippen molar-refractivity contribution in [2.24, 2.45) is 10.9 Å². The molecule has 0 radical (unpaired) electrons. The molecule has 2 rings (SSSR count). The van der Waals surface area contributed by atoms with Crippen LogP contribution >= 0.6 is 24.0 Å². The summed E-state index contributed by atoms with van der Waals surface area (Å²) in [6.45, 7) is 6.25. The van der Waals surface area contributed by atoms with Gasteiger partial charge in [0.05, 0.1) is 11.5 Å². The number of nitrogens with zero attached hydrogens (tertiary/aromatic N) is 2. The number of hydrogen-bond acceptors (Lipinski definition) is 3.